The van der Waals surface area contributed by atoms with Crippen LogP contribution in [0.15, 0.2) is 6.20 Å². The van der Waals surface area contributed by atoms with Gasteiger partial charge in [-0.3, -0.25) is 0 Å². The summed E-state index contributed by atoms with van der Waals surface area (Å²) in [5.41, 5.74) is 0. The molecule has 1 rings (SSSR count). The normalized spacial score (nSPS) is 10.0. The summed E-state index contributed by atoms with van der Waals surface area (Å²) in [6, 6.07) is 0. The fourth-order valence-corrected chi connectivity index (χ4v) is 2.85. The van der Waals surface area contributed by atoms with Crippen molar-refractivity contribution in [1.29, 1.82) is 0 Å². The molecule has 0 unspecified atom stereocenters. The van der Waals surface area contributed by atoms with Crippen LogP contribution in [0.1, 0.15) is 23.1 Å². The molecule has 13 heavy (non-hydrogen) atoms. The van der Waals surface area contributed by atoms with Gasteiger partial charge >= 0.3 is 82.5 Å². The third-order valence-electron chi connectivity index (χ3n) is 1.74. The molecule has 1 aromatic heterocycles. The van der Waals surface area contributed by atoms with Crippen LogP contribution in [-0.2, 0) is 0 Å². The zero-order valence-corrected chi connectivity index (χ0v) is 9.36. The Balaban J connectivity index is 2.84. The molecule has 1 N–H and O–H groups in total. The van der Waals surface area contributed by atoms with Crippen LogP contribution in [0.2, 0.25) is 0 Å². The first-order valence-electron chi connectivity index (χ1n) is 4.13. The molecule has 4 nitrogen and oxygen atoms in total. The zero-order chi connectivity index (χ0) is 9.84. The first-order valence-corrected chi connectivity index (χ1v) is 5.84. The monoisotopic (exact) mass is 248 g/mol. The molecule has 1 heterocycles. The van der Waals surface area contributed by atoms with Crippen molar-refractivity contribution in [2.45, 2.75) is 13.8 Å². The van der Waals surface area contributed by atoms with Gasteiger partial charge in [-0.1, -0.05) is 0 Å². The van der Waals surface area contributed by atoms with Gasteiger partial charge in [0.15, 0.2) is 0 Å². The molecular weight excluding hydrogens is 235 g/mol. The molecule has 0 radical (unpaired) electrons. The number of carbonyl (C=O) groups is 1. The van der Waals surface area contributed by atoms with Crippen molar-refractivity contribution in [3.63, 3.8) is 0 Å². The van der Waals surface area contributed by atoms with Crippen LogP contribution < -0.4 is 4.90 Å². The van der Waals surface area contributed by atoms with Crippen LogP contribution in [0.5, 0.6) is 0 Å². The van der Waals surface area contributed by atoms with Crippen LogP contribution >= 0.6 is 0 Å². The predicted molar refractivity (Wildman–Crippen MR) is 51.7 cm³/mol. The minimum atomic E-state index is -0.842. The van der Waals surface area contributed by atoms with Crippen molar-refractivity contribution in [3.8, 4) is 0 Å². The maximum absolute atomic E-state index is 10.6. The van der Waals surface area contributed by atoms with Crippen LogP contribution in [0.25, 0.3) is 0 Å². The van der Waals surface area contributed by atoms with Gasteiger partial charge in [-0.15, -0.1) is 0 Å². The third kappa shape index (κ3) is 2.32. The van der Waals surface area contributed by atoms with Crippen molar-refractivity contribution < 1.29 is 9.90 Å². The Bertz CT molecular complexity index is 294. The van der Waals surface area contributed by atoms with Crippen molar-refractivity contribution >= 4 is 25.2 Å². The third-order valence-corrected chi connectivity index (χ3v) is 3.93. The van der Waals surface area contributed by atoms with E-state index in [4.69, 9.17) is 5.11 Å². The summed E-state index contributed by atoms with van der Waals surface area (Å²) in [6.07, 6.45) is 1.47. The van der Waals surface area contributed by atoms with Gasteiger partial charge in [0.25, 0.3) is 0 Å². The summed E-state index contributed by atoms with van der Waals surface area (Å²) in [6.45, 7) is 5.86. The Morgan fingerprint density at radius 2 is 2.23 bits per heavy atom. The quantitative estimate of drug-likeness (QED) is 0.795. The molecule has 0 spiro atoms. The average molecular weight is 247 g/mol. The average Bonchev–Trinajstić information content (AvgIpc) is 2.56. The van der Waals surface area contributed by atoms with Gasteiger partial charge in [0.05, 0.1) is 0 Å². The second-order valence-electron chi connectivity index (χ2n) is 2.48. The summed E-state index contributed by atoms with van der Waals surface area (Å²) in [4.78, 5) is 16.8. The molecule has 0 aliphatic rings. The van der Waals surface area contributed by atoms with Crippen molar-refractivity contribution in [2.75, 3.05) is 18.0 Å². The number of aromatic nitrogens is 1. The summed E-state index contributed by atoms with van der Waals surface area (Å²) < 4.78 is 1.37. The maximum atomic E-state index is 10.6. The van der Waals surface area contributed by atoms with E-state index < -0.39 is 5.97 Å². The Morgan fingerprint density at radius 3 is 2.62 bits per heavy atom. The number of anilines is 1. The zero-order valence-electron chi connectivity index (χ0n) is 7.65. The molecule has 0 saturated carbocycles. The van der Waals surface area contributed by atoms with Gasteiger partial charge in [-0.2, -0.15) is 0 Å². The van der Waals surface area contributed by atoms with Crippen molar-refractivity contribution in [3.05, 3.63) is 10.6 Å². The summed E-state index contributed by atoms with van der Waals surface area (Å²) in [5.74, 6) is -0.842. The predicted octanol–water partition coefficient (Wildman–Crippen LogP) is 0.683. The molecule has 0 fully saturated rings. The Kier molecular flexibility index (Phi) is 3.51. The van der Waals surface area contributed by atoms with Crippen LogP contribution in [0, 0.1) is 0 Å². The molecule has 1 aromatic rings. The van der Waals surface area contributed by atoms with E-state index in [-0.39, 0.29) is 14.5 Å². The van der Waals surface area contributed by atoms with Gasteiger partial charge < -0.3 is 0 Å². The van der Waals surface area contributed by atoms with E-state index >= 15 is 0 Å². The Morgan fingerprint density at radius 1 is 1.62 bits per heavy atom. The molecule has 0 aliphatic carbocycles. The first kappa shape index (κ1) is 10.3. The second kappa shape index (κ2) is 4.44. The number of hydrogen-bond donors (Lipinski definition) is 1. The summed E-state index contributed by atoms with van der Waals surface area (Å²) in [5, 5.41) is 8.71. The fourth-order valence-electron chi connectivity index (χ4n) is 1.00. The van der Waals surface area contributed by atoms with E-state index in [1.54, 1.807) is 0 Å². The number of rotatable bonds is 4. The number of nitrogens with zero attached hydrogens (tertiary/aromatic N) is 2. The van der Waals surface area contributed by atoms with E-state index in [0.717, 1.165) is 17.8 Å². The number of hydrogen-bond acceptors (Lipinski definition) is 3. The molecule has 5 heteroatoms. The number of aromatic carboxylic acids is 1. The topological polar surface area (TPSA) is 53.4 Å². The first-order chi connectivity index (χ1) is 6.19. The molecular formula is C8H12N2O2Se. The van der Waals surface area contributed by atoms with Gasteiger partial charge in [0.2, 0.25) is 0 Å². The van der Waals surface area contributed by atoms with Crippen LogP contribution in [0.4, 0.5) is 4.69 Å². The summed E-state index contributed by atoms with van der Waals surface area (Å²) >= 11 is -0.113. The van der Waals surface area contributed by atoms with Crippen molar-refractivity contribution in [1.82, 2.24) is 4.98 Å². The van der Waals surface area contributed by atoms with Crippen LogP contribution in [-0.4, -0.2) is 43.7 Å². The van der Waals surface area contributed by atoms with Gasteiger partial charge in [-0.25, -0.2) is 0 Å². The number of carboxylic acids is 1. The standard InChI is InChI=1S/C8H12N2O2Se/c1-3-10(4-2)8-9-5-6(13-8)7(11)12/h5H,3-4H2,1-2H3,(H,11,12). The molecule has 0 aliphatic heterocycles. The van der Waals surface area contributed by atoms with Gasteiger partial charge in [0.1, 0.15) is 0 Å². The molecule has 72 valence electrons. The van der Waals surface area contributed by atoms with Crippen molar-refractivity contribution in [2.24, 2.45) is 0 Å². The number of carboxylic acid groups (broad SMARTS) is 1. The second-order valence-corrected chi connectivity index (χ2v) is 4.60. The molecule has 0 aromatic carbocycles. The molecule has 0 atom stereocenters. The summed E-state index contributed by atoms with van der Waals surface area (Å²) in [7, 11) is 0. The minimum absolute atomic E-state index is 0.113. The van der Waals surface area contributed by atoms with E-state index in [9.17, 15) is 4.79 Å². The van der Waals surface area contributed by atoms with Gasteiger partial charge in [0, 0.05) is 0 Å². The van der Waals surface area contributed by atoms with Gasteiger partial charge in [-0.05, 0) is 0 Å². The van der Waals surface area contributed by atoms with E-state index in [0.29, 0.717) is 4.44 Å². The van der Waals surface area contributed by atoms with E-state index in [1.807, 2.05) is 13.8 Å². The molecule has 0 amide bonds. The van der Waals surface area contributed by atoms with E-state index in [1.165, 1.54) is 6.20 Å². The Hall–Kier alpha value is -0.801. The molecule has 0 bridgehead atoms. The fraction of sp³-hybridized carbons (Fsp3) is 0.500. The van der Waals surface area contributed by atoms with E-state index in [2.05, 4.69) is 9.88 Å². The van der Waals surface area contributed by atoms with Crippen LogP contribution in [0.3, 0.4) is 0 Å². The SMILES string of the molecule is CCN(CC)c1ncc(C(=O)O)[se]1. The Labute approximate surface area is 82.9 Å². The molecule has 0 saturated heterocycles.